The lowest BCUT2D eigenvalue weighted by Gasteiger charge is -2.34. The second-order valence-electron chi connectivity index (χ2n) is 10.7. The zero-order valence-corrected chi connectivity index (χ0v) is 25.2. The lowest BCUT2D eigenvalue weighted by molar-refractivity contribution is -0.140. The van der Waals surface area contributed by atoms with Crippen LogP contribution in [0.1, 0.15) is 56.7 Å². The van der Waals surface area contributed by atoms with E-state index in [1.807, 2.05) is 70.2 Å². The average molecular weight is 582 g/mol. The number of carbonyl (C=O) groups is 2. The molecule has 220 valence electrons. The van der Waals surface area contributed by atoms with Crippen LogP contribution in [-0.4, -0.2) is 50.0 Å². The summed E-state index contributed by atoms with van der Waals surface area (Å²) in [6, 6.07) is 21.1. The van der Waals surface area contributed by atoms with Gasteiger partial charge < -0.3 is 10.2 Å². The van der Waals surface area contributed by atoms with Gasteiger partial charge in [-0.15, -0.1) is 0 Å². The summed E-state index contributed by atoms with van der Waals surface area (Å²) in [4.78, 5) is 29.0. The number of carbonyl (C=O) groups excluding carboxylic acids is 2. The average Bonchev–Trinajstić information content (AvgIpc) is 2.94. The van der Waals surface area contributed by atoms with Gasteiger partial charge in [0.2, 0.25) is 21.8 Å². The summed E-state index contributed by atoms with van der Waals surface area (Å²) >= 11 is 0. The zero-order valence-electron chi connectivity index (χ0n) is 24.4. The first kappa shape index (κ1) is 31.8. The molecule has 0 heterocycles. The Labute approximate surface area is 243 Å². The molecule has 0 spiro atoms. The lowest BCUT2D eigenvalue weighted by Crippen LogP contribution is -2.54. The number of rotatable bonds is 13. The number of sulfonamides is 1. The smallest absolute Gasteiger partial charge is 0.244 e. The second-order valence-corrected chi connectivity index (χ2v) is 12.6. The van der Waals surface area contributed by atoms with E-state index in [1.54, 1.807) is 30.3 Å². The Hall–Kier alpha value is -3.72. The Morgan fingerprint density at radius 1 is 0.902 bits per heavy atom. The van der Waals surface area contributed by atoms with Crippen molar-refractivity contribution in [3.63, 3.8) is 0 Å². The van der Waals surface area contributed by atoms with Gasteiger partial charge in [0.05, 0.1) is 11.9 Å². The summed E-state index contributed by atoms with van der Waals surface area (Å²) in [7, 11) is -3.88. The van der Waals surface area contributed by atoms with Crippen LogP contribution < -0.4 is 9.62 Å². The van der Waals surface area contributed by atoms with Gasteiger partial charge in [-0.05, 0) is 48.6 Å². The molecule has 2 atom stereocenters. The summed E-state index contributed by atoms with van der Waals surface area (Å²) in [5.74, 6) is -1.28. The van der Waals surface area contributed by atoms with Crippen molar-refractivity contribution in [2.24, 2.45) is 0 Å². The Morgan fingerprint density at radius 2 is 1.51 bits per heavy atom. The molecule has 0 bridgehead atoms. The van der Waals surface area contributed by atoms with Crippen LogP contribution in [0, 0.1) is 5.82 Å². The van der Waals surface area contributed by atoms with E-state index in [2.05, 4.69) is 5.32 Å². The molecular formula is C32H40FN3O4S. The highest BCUT2D eigenvalue weighted by atomic mass is 32.2. The molecule has 3 aromatic rings. The molecule has 0 aromatic heterocycles. The number of nitrogens with one attached hydrogen (secondary N) is 1. The Bertz CT molecular complexity index is 1410. The van der Waals surface area contributed by atoms with Crippen LogP contribution in [0.25, 0.3) is 0 Å². The molecule has 0 fully saturated rings. The van der Waals surface area contributed by atoms with Crippen LogP contribution in [0.5, 0.6) is 0 Å². The van der Waals surface area contributed by atoms with E-state index >= 15 is 0 Å². The summed E-state index contributed by atoms with van der Waals surface area (Å²) < 4.78 is 41.7. The largest absolute Gasteiger partial charge is 0.352 e. The normalized spacial score (nSPS) is 13.0. The monoisotopic (exact) mass is 581 g/mol. The van der Waals surface area contributed by atoms with Crippen LogP contribution in [0.3, 0.4) is 0 Å². The molecule has 2 amide bonds. The highest BCUT2D eigenvalue weighted by Crippen LogP contribution is 2.24. The quantitative estimate of drug-likeness (QED) is 0.298. The number of nitrogens with zero attached hydrogens (tertiary/aromatic N) is 2. The van der Waals surface area contributed by atoms with Crippen molar-refractivity contribution in [3.8, 4) is 0 Å². The van der Waals surface area contributed by atoms with Gasteiger partial charge in [-0.3, -0.25) is 13.9 Å². The molecule has 0 radical (unpaired) electrons. The van der Waals surface area contributed by atoms with Crippen LogP contribution in [0.4, 0.5) is 10.1 Å². The van der Waals surface area contributed by atoms with Crippen molar-refractivity contribution in [2.45, 2.75) is 65.1 Å². The molecule has 0 saturated heterocycles. The fourth-order valence-corrected chi connectivity index (χ4v) is 5.29. The molecule has 0 aliphatic carbocycles. The van der Waals surface area contributed by atoms with E-state index in [0.29, 0.717) is 12.1 Å². The predicted octanol–water partition coefficient (Wildman–Crippen LogP) is 5.27. The highest BCUT2D eigenvalue weighted by Gasteiger charge is 2.33. The third-order valence-corrected chi connectivity index (χ3v) is 8.24. The molecular weight excluding hydrogens is 541 g/mol. The minimum Gasteiger partial charge on any atom is -0.352 e. The maximum absolute atomic E-state index is 14.8. The molecule has 41 heavy (non-hydrogen) atoms. The highest BCUT2D eigenvalue weighted by molar-refractivity contribution is 7.92. The molecule has 3 aromatic carbocycles. The first-order valence-corrected chi connectivity index (χ1v) is 15.7. The van der Waals surface area contributed by atoms with Crippen LogP contribution in [0.15, 0.2) is 78.9 Å². The number of amides is 2. The van der Waals surface area contributed by atoms with Gasteiger partial charge in [0, 0.05) is 24.6 Å². The van der Waals surface area contributed by atoms with Gasteiger partial charge in [-0.25, -0.2) is 12.8 Å². The van der Waals surface area contributed by atoms with Crippen LogP contribution in [-0.2, 0) is 32.6 Å². The van der Waals surface area contributed by atoms with E-state index in [9.17, 15) is 22.4 Å². The van der Waals surface area contributed by atoms with Crippen LogP contribution >= 0.6 is 0 Å². The summed E-state index contributed by atoms with van der Waals surface area (Å²) in [5, 5.41) is 2.96. The number of hydrogen-bond donors (Lipinski definition) is 1. The third-order valence-electron chi connectivity index (χ3n) is 7.10. The Balaban J connectivity index is 2.06. The molecule has 0 unspecified atom stereocenters. The molecule has 9 heteroatoms. The lowest BCUT2D eigenvalue weighted by atomic mass is 10.0. The van der Waals surface area contributed by atoms with Crippen LogP contribution in [0.2, 0.25) is 0 Å². The van der Waals surface area contributed by atoms with Crippen molar-refractivity contribution >= 4 is 27.5 Å². The summed E-state index contributed by atoms with van der Waals surface area (Å²) in [6.07, 6.45) is 1.89. The van der Waals surface area contributed by atoms with Gasteiger partial charge >= 0.3 is 0 Å². The molecule has 3 rings (SSSR count). The van der Waals surface area contributed by atoms with E-state index in [-0.39, 0.29) is 36.4 Å². The molecule has 0 aliphatic heterocycles. The molecule has 7 nitrogen and oxygen atoms in total. The van der Waals surface area contributed by atoms with E-state index in [4.69, 9.17) is 0 Å². The van der Waals surface area contributed by atoms with E-state index in [0.717, 1.165) is 21.7 Å². The number of halogens is 1. The minimum absolute atomic E-state index is 0.154. The number of anilines is 1. The predicted molar refractivity (Wildman–Crippen MR) is 162 cm³/mol. The minimum atomic E-state index is -3.88. The van der Waals surface area contributed by atoms with Crippen molar-refractivity contribution in [2.75, 3.05) is 17.1 Å². The van der Waals surface area contributed by atoms with Gasteiger partial charge in [-0.2, -0.15) is 0 Å². The third kappa shape index (κ3) is 8.88. The second kappa shape index (κ2) is 14.3. The fraction of sp³-hybridized carbons (Fsp3) is 0.375. The molecule has 1 N–H and O–H groups in total. The molecule has 0 aliphatic rings. The summed E-state index contributed by atoms with van der Waals surface area (Å²) in [6.45, 7) is 7.12. The topological polar surface area (TPSA) is 86.8 Å². The Kier molecular flexibility index (Phi) is 11.1. The SMILES string of the molecule is CC[C@H](C)NC(=O)[C@@H](Cc1ccccc1)N(Cc1ccccc1F)C(=O)CN(c1ccc(C(C)C)cc1)S(C)(=O)=O. The first-order chi connectivity index (χ1) is 19.4. The number of benzene rings is 3. The Morgan fingerprint density at radius 3 is 2.07 bits per heavy atom. The summed E-state index contributed by atoms with van der Waals surface area (Å²) in [5.41, 5.74) is 2.40. The maximum atomic E-state index is 14.8. The van der Waals surface area contributed by atoms with Gasteiger partial charge in [0.15, 0.2) is 0 Å². The van der Waals surface area contributed by atoms with Crippen molar-refractivity contribution < 1.29 is 22.4 Å². The fourth-order valence-electron chi connectivity index (χ4n) is 4.44. The van der Waals surface area contributed by atoms with Gasteiger partial charge in [-0.1, -0.05) is 81.4 Å². The van der Waals surface area contributed by atoms with E-state index in [1.165, 1.54) is 11.0 Å². The standard InChI is InChI=1S/C32H40FN3O4S/c1-6-24(4)34-32(38)30(20-25-12-8-7-9-13-25)35(21-27-14-10-11-15-29(27)33)31(37)22-36(41(5,39)40)28-18-16-26(17-19-28)23(2)3/h7-19,23-24,30H,6,20-22H2,1-5H3,(H,34,38)/t24-,30+/m0/s1. The maximum Gasteiger partial charge on any atom is 0.244 e. The van der Waals surface area contributed by atoms with Crippen molar-refractivity contribution in [1.29, 1.82) is 0 Å². The molecule has 0 saturated carbocycles. The zero-order chi connectivity index (χ0) is 30.2. The van der Waals surface area contributed by atoms with Crippen molar-refractivity contribution in [1.82, 2.24) is 10.2 Å². The van der Waals surface area contributed by atoms with Crippen molar-refractivity contribution in [3.05, 3.63) is 101 Å². The van der Waals surface area contributed by atoms with Gasteiger partial charge in [0.1, 0.15) is 18.4 Å². The van der Waals surface area contributed by atoms with E-state index < -0.39 is 34.3 Å². The first-order valence-electron chi connectivity index (χ1n) is 13.9. The number of hydrogen-bond acceptors (Lipinski definition) is 4. The van der Waals surface area contributed by atoms with Gasteiger partial charge in [0.25, 0.3) is 0 Å².